The summed E-state index contributed by atoms with van der Waals surface area (Å²) in [5.74, 6) is 6.82. The summed E-state index contributed by atoms with van der Waals surface area (Å²) in [6, 6.07) is 153. The summed E-state index contributed by atoms with van der Waals surface area (Å²) in [5.41, 5.74) is 22.3. The summed E-state index contributed by atoms with van der Waals surface area (Å²) in [4.78, 5) is 84.3. The van der Waals surface area contributed by atoms with Gasteiger partial charge in [0.1, 0.15) is 0 Å². The second-order valence-electron chi connectivity index (χ2n) is 35.1. The molecule has 20 nitrogen and oxygen atoms in total. The van der Waals surface area contributed by atoms with Crippen LogP contribution in [0.1, 0.15) is 11.1 Å². The van der Waals surface area contributed by atoms with Crippen molar-refractivity contribution in [2.24, 2.45) is 0 Å². The van der Waals surface area contributed by atoms with E-state index in [1.165, 1.54) is 0 Å². The number of benzene rings is 18. The predicted octanol–water partition coefficient (Wildman–Crippen LogP) is 29.1. The first-order chi connectivity index (χ1) is 72.1. The van der Waals surface area contributed by atoms with Crippen molar-refractivity contribution in [3.8, 4) is 228 Å². The third kappa shape index (κ3) is 16.6. The molecule has 0 saturated carbocycles. The first kappa shape index (κ1) is 86.6. The number of hydrogen-bond donors (Lipinski definition) is 0. The van der Waals surface area contributed by atoms with E-state index < -0.39 is 0 Å². The number of rotatable bonds is 20. The maximum Gasteiger partial charge on any atom is 0.187 e. The lowest BCUT2D eigenvalue weighted by molar-refractivity contribution is 1.06. The summed E-state index contributed by atoms with van der Waals surface area (Å²) in [6.07, 6.45) is 0. The molecule has 0 aliphatic heterocycles. The molecule has 25 rings (SSSR count). The van der Waals surface area contributed by atoms with Crippen molar-refractivity contribution in [1.82, 2.24) is 83.9 Å². The predicted molar refractivity (Wildman–Crippen MR) is 576 cm³/mol. The maximum absolute atomic E-state index is 10.6. The Bertz CT molecular complexity index is 8440. The standard InChI is InChI=1S/C126H74N20/c1-129-98-62-54-80(55-63-98)92-57-65-101(111(75-92)146-108-68-60-95(123-138-116(86-36-18-6-19-37-86)132-117(139-123)87-38-20-7-21-39-87)72-104(108)105-73-96(61-69-109(105)146)124-140-118(88-40-22-8-23-41-88)133-119(141-124)89-42-24-9-25-43-89)126-143-120(90-52-50-81(51-53-90)99-45-27-26-44-97(99)77-128)142-125(144-126)100-64-56-91(79-48-46-78(76-127)47-49-79)74-110(100)145-106-66-58-93(121-134-112(82-28-10-2-11-29-82)130-113(135-121)83-30-12-3-13-31-83)70-102(106)103-71-94(59-67-107(103)145)122-136-114(84-32-14-4-15-33-84)131-115(137-122)85-34-16-5-17-35-85/h2-75H. The third-order valence-corrected chi connectivity index (χ3v) is 26.1. The van der Waals surface area contributed by atoms with Crippen molar-refractivity contribution in [2.45, 2.75) is 0 Å². The Morgan fingerprint density at radius 1 is 0.178 bits per heavy atom. The highest BCUT2D eigenvalue weighted by atomic mass is 15.1. The summed E-state index contributed by atoms with van der Waals surface area (Å²) in [6.45, 7) is 8.11. The van der Waals surface area contributed by atoms with Crippen molar-refractivity contribution in [3.05, 3.63) is 471 Å². The number of nitrogens with zero attached hydrogens (tertiary/aromatic N) is 20. The van der Waals surface area contributed by atoms with E-state index in [0.717, 1.165) is 144 Å². The van der Waals surface area contributed by atoms with Gasteiger partial charge < -0.3 is 9.13 Å². The van der Waals surface area contributed by atoms with Crippen LogP contribution in [0.25, 0.3) is 264 Å². The zero-order valence-electron chi connectivity index (χ0n) is 77.7. The molecule has 0 N–H and O–H groups in total. The van der Waals surface area contributed by atoms with Gasteiger partial charge in [-0.15, -0.1) is 0 Å². The molecule has 18 aromatic carbocycles. The Balaban J connectivity index is 0.755. The molecule has 678 valence electrons. The van der Waals surface area contributed by atoms with Crippen molar-refractivity contribution in [1.29, 1.82) is 10.5 Å². The van der Waals surface area contributed by atoms with Gasteiger partial charge in [0.2, 0.25) is 0 Å². The van der Waals surface area contributed by atoms with Crippen molar-refractivity contribution < 1.29 is 0 Å². The highest BCUT2D eigenvalue weighted by molar-refractivity contribution is 6.14. The summed E-state index contributed by atoms with van der Waals surface area (Å²) >= 11 is 0. The molecule has 0 bridgehead atoms. The summed E-state index contributed by atoms with van der Waals surface area (Å²) in [5, 5.41) is 24.2. The summed E-state index contributed by atoms with van der Waals surface area (Å²) in [7, 11) is 0. The van der Waals surface area contributed by atoms with E-state index in [4.69, 9.17) is 81.3 Å². The Morgan fingerprint density at radius 3 is 0.671 bits per heavy atom. The van der Waals surface area contributed by atoms with Gasteiger partial charge in [0.05, 0.1) is 63.3 Å². The third-order valence-electron chi connectivity index (χ3n) is 26.1. The fraction of sp³-hybridized carbons (Fsp3) is 0. The van der Waals surface area contributed by atoms with E-state index in [9.17, 15) is 10.5 Å². The Labute approximate surface area is 837 Å². The van der Waals surface area contributed by atoms with Crippen LogP contribution < -0.4 is 0 Å². The van der Waals surface area contributed by atoms with E-state index in [0.29, 0.717) is 132 Å². The molecular weight excluding hydrogens is 1790 g/mol. The van der Waals surface area contributed by atoms with E-state index in [1.807, 2.05) is 340 Å². The van der Waals surface area contributed by atoms with Gasteiger partial charge in [-0.1, -0.05) is 334 Å². The Morgan fingerprint density at radius 2 is 0.397 bits per heavy atom. The SMILES string of the molecule is [C-]#[N+]c1ccc(-c2ccc(-c3nc(-c4ccc(-c5ccccc5C#N)cc4)nc(-c4ccc(-c5ccc(C#N)cc5)cc4-n4c5ccc(-c6nc(-c7ccccc7)nc(-c7ccccc7)n6)cc5c5cc(-c6nc(-c7ccccc7)nc(-c7ccccc7)n6)ccc54)n3)c(-n3c4ccc(-c5nc(-c6ccccc6)nc(-c6ccccc6)n5)cc4c4cc(-c5nc(-c6ccccc6)nc(-c6ccccc6)n5)ccc43)c2)cc1. The molecular formula is C126H74N20. The van der Waals surface area contributed by atoms with Crippen LogP contribution in [0.5, 0.6) is 0 Å². The van der Waals surface area contributed by atoms with Crippen LogP contribution in [0.2, 0.25) is 0 Å². The topological polar surface area (TPSA) is 255 Å². The fourth-order valence-corrected chi connectivity index (χ4v) is 18.9. The molecule has 25 aromatic rings. The molecule has 146 heavy (non-hydrogen) atoms. The zero-order chi connectivity index (χ0) is 97.5. The first-order valence-corrected chi connectivity index (χ1v) is 47.4. The monoisotopic (exact) mass is 1870 g/mol. The Kier molecular flexibility index (Phi) is 22.2. The van der Waals surface area contributed by atoms with Gasteiger partial charge in [0, 0.05) is 105 Å². The minimum absolute atomic E-state index is 0.304. The zero-order valence-corrected chi connectivity index (χ0v) is 77.7. The molecule has 0 aliphatic rings. The van der Waals surface area contributed by atoms with Crippen molar-refractivity contribution in [3.63, 3.8) is 0 Å². The van der Waals surface area contributed by atoms with Gasteiger partial charge in [0.25, 0.3) is 0 Å². The molecule has 7 aromatic heterocycles. The Hall–Kier alpha value is -20.9. The maximum atomic E-state index is 10.6. The molecule has 7 heterocycles. The lowest BCUT2D eigenvalue weighted by Crippen LogP contribution is -2.06. The molecule has 0 amide bonds. The molecule has 0 spiro atoms. The molecule has 0 saturated heterocycles. The minimum atomic E-state index is 0.304. The lowest BCUT2D eigenvalue weighted by Gasteiger charge is -2.18. The number of hydrogen-bond acceptors (Lipinski definition) is 17. The highest BCUT2D eigenvalue weighted by Gasteiger charge is 2.29. The molecule has 0 aliphatic carbocycles. The summed E-state index contributed by atoms with van der Waals surface area (Å²) < 4.78 is 4.54. The number of nitriles is 2. The second-order valence-corrected chi connectivity index (χ2v) is 35.1. The van der Waals surface area contributed by atoms with Crippen LogP contribution in [0.3, 0.4) is 0 Å². The fourth-order valence-electron chi connectivity index (χ4n) is 18.9. The molecule has 20 heteroatoms. The average molecular weight is 1870 g/mol. The van der Waals surface area contributed by atoms with Crippen LogP contribution >= 0.6 is 0 Å². The van der Waals surface area contributed by atoms with Gasteiger partial charge in [-0.3, -0.25) is 0 Å². The molecule has 0 radical (unpaired) electrons. The van der Waals surface area contributed by atoms with Crippen LogP contribution in [0.15, 0.2) is 449 Å². The quantitative estimate of drug-likeness (QED) is 0.0643. The van der Waals surface area contributed by atoms with Gasteiger partial charge in [-0.2, -0.15) is 10.5 Å². The van der Waals surface area contributed by atoms with Crippen LogP contribution in [0, 0.1) is 29.2 Å². The molecule has 0 atom stereocenters. The smallest absolute Gasteiger partial charge is 0.187 e. The van der Waals surface area contributed by atoms with E-state index in [2.05, 4.69) is 135 Å². The highest BCUT2D eigenvalue weighted by Crippen LogP contribution is 2.47. The number of fused-ring (bicyclic) bond motifs is 6. The van der Waals surface area contributed by atoms with Gasteiger partial charge >= 0.3 is 0 Å². The van der Waals surface area contributed by atoms with Gasteiger partial charge in [-0.25, -0.2) is 79.6 Å². The second kappa shape index (κ2) is 37.4. The van der Waals surface area contributed by atoms with Crippen LogP contribution in [-0.2, 0) is 0 Å². The normalized spacial score (nSPS) is 11.3. The van der Waals surface area contributed by atoms with Crippen LogP contribution in [0.4, 0.5) is 5.69 Å². The van der Waals surface area contributed by atoms with Crippen LogP contribution in [-0.4, -0.2) is 83.9 Å². The van der Waals surface area contributed by atoms with E-state index in [1.54, 1.807) is 0 Å². The van der Waals surface area contributed by atoms with E-state index >= 15 is 0 Å². The lowest BCUT2D eigenvalue weighted by atomic mass is 9.99. The minimum Gasteiger partial charge on any atom is -0.308 e. The van der Waals surface area contributed by atoms with Crippen molar-refractivity contribution in [2.75, 3.05) is 0 Å². The van der Waals surface area contributed by atoms with Gasteiger partial charge in [0.15, 0.2) is 93.1 Å². The first-order valence-electron chi connectivity index (χ1n) is 47.4. The number of aromatic nitrogens is 17. The van der Waals surface area contributed by atoms with E-state index in [-0.39, 0.29) is 0 Å². The van der Waals surface area contributed by atoms with Crippen molar-refractivity contribution >= 4 is 49.3 Å². The molecule has 0 fully saturated rings. The largest absolute Gasteiger partial charge is 0.308 e. The van der Waals surface area contributed by atoms with Gasteiger partial charge in [-0.05, 0) is 149 Å². The molecule has 0 unspecified atom stereocenters. The average Bonchev–Trinajstić information content (AvgIpc) is 1.57.